The van der Waals surface area contributed by atoms with Crippen LogP contribution in [0.1, 0.15) is 21.7 Å². The molecule has 0 aliphatic rings. The standard InChI is InChI=1S/C21H23ClN6O3/c1-14-23-7-9-28(14)19-11-15(5-6-24-19)13-26-21(30)27-16-3-4-17(18(22)12-16)20(29)25-8-10-31-2/h3-7,9,11-12H,8,10,13H2,1-2H3,(H,25,29)(H2,26,27,30). The molecule has 31 heavy (non-hydrogen) atoms. The SMILES string of the molecule is COCCNC(=O)c1ccc(NC(=O)NCc2ccnc(-n3ccnc3C)c2)cc1Cl. The number of benzene rings is 1. The van der Waals surface area contributed by atoms with Gasteiger partial charge in [0.2, 0.25) is 0 Å². The Morgan fingerprint density at radius 1 is 1.13 bits per heavy atom. The molecule has 3 amide bonds. The number of hydrogen-bond acceptors (Lipinski definition) is 5. The molecule has 0 fully saturated rings. The summed E-state index contributed by atoms with van der Waals surface area (Å²) < 4.78 is 6.76. The molecule has 0 unspecified atom stereocenters. The summed E-state index contributed by atoms with van der Waals surface area (Å²) in [5, 5.41) is 8.43. The van der Waals surface area contributed by atoms with Crippen molar-refractivity contribution in [3.8, 4) is 5.82 Å². The Kier molecular flexibility index (Phi) is 7.58. The number of nitrogens with zero attached hydrogens (tertiary/aromatic N) is 3. The quantitative estimate of drug-likeness (QED) is 0.464. The van der Waals surface area contributed by atoms with E-state index in [-0.39, 0.29) is 10.9 Å². The average molecular weight is 443 g/mol. The van der Waals surface area contributed by atoms with E-state index in [0.29, 0.717) is 30.9 Å². The third-order valence-electron chi connectivity index (χ3n) is 4.40. The molecule has 10 heteroatoms. The molecule has 0 aliphatic carbocycles. The fourth-order valence-electron chi connectivity index (χ4n) is 2.82. The molecule has 0 bridgehead atoms. The van der Waals surface area contributed by atoms with Crippen LogP contribution in [0, 0.1) is 6.92 Å². The number of rotatable bonds is 8. The highest BCUT2D eigenvalue weighted by Gasteiger charge is 2.12. The van der Waals surface area contributed by atoms with Gasteiger partial charge >= 0.3 is 6.03 Å². The topological polar surface area (TPSA) is 110 Å². The maximum atomic E-state index is 12.3. The van der Waals surface area contributed by atoms with E-state index in [0.717, 1.165) is 17.2 Å². The van der Waals surface area contributed by atoms with Gasteiger partial charge in [0, 0.05) is 44.5 Å². The van der Waals surface area contributed by atoms with Gasteiger partial charge in [0.15, 0.2) is 0 Å². The van der Waals surface area contributed by atoms with E-state index in [2.05, 4.69) is 25.9 Å². The predicted octanol–water partition coefficient (Wildman–Crippen LogP) is 2.93. The van der Waals surface area contributed by atoms with E-state index in [1.807, 2.05) is 29.8 Å². The van der Waals surface area contributed by atoms with Crippen molar-refractivity contribution in [3.63, 3.8) is 0 Å². The van der Waals surface area contributed by atoms with E-state index in [1.165, 1.54) is 6.07 Å². The first-order valence-corrected chi connectivity index (χ1v) is 9.92. The number of imidazole rings is 1. The number of nitrogens with one attached hydrogen (secondary N) is 3. The molecule has 3 N–H and O–H groups in total. The Bertz CT molecular complexity index is 1070. The minimum absolute atomic E-state index is 0.238. The zero-order valence-corrected chi connectivity index (χ0v) is 17.9. The van der Waals surface area contributed by atoms with Crippen LogP contribution in [0.3, 0.4) is 0 Å². The lowest BCUT2D eigenvalue weighted by molar-refractivity contribution is 0.0937. The number of halogens is 1. The molecule has 2 aromatic heterocycles. The van der Waals surface area contributed by atoms with Gasteiger partial charge in [-0.25, -0.2) is 14.8 Å². The van der Waals surface area contributed by atoms with Crippen LogP contribution >= 0.6 is 11.6 Å². The molecule has 0 saturated heterocycles. The molecule has 162 valence electrons. The normalized spacial score (nSPS) is 10.5. The second-order valence-corrected chi connectivity index (χ2v) is 7.02. The van der Waals surface area contributed by atoms with Crippen LogP contribution in [-0.2, 0) is 11.3 Å². The molecular weight excluding hydrogens is 420 g/mol. The number of urea groups is 1. The van der Waals surface area contributed by atoms with Crippen LogP contribution in [-0.4, -0.2) is 46.7 Å². The van der Waals surface area contributed by atoms with Crippen LogP contribution in [0.2, 0.25) is 5.02 Å². The molecule has 3 rings (SSSR count). The van der Waals surface area contributed by atoms with E-state index >= 15 is 0 Å². The van der Waals surface area contributed by atoms with Crippen molar-refractivity contribution in [2.75, 3.05) is 25.6 Å². The number of hydrogen-bond donors (Lipinski definition) is 3. The zero-order chi connectivity index (χ0) is 22.2. The van der Waals surface area contributed by atoms with Crippen LogP contribution in [0.5, 0.6) is 0 Å². The van der Waals surface area contributed by atoms with Gasteiger partial charge < -0.3 is 20.7 Å². The lowest BCUT2D eigenvalue weighted by atomic mass is 10.2. The number of amides is 3. The van der Waals surface area contributed by atoms with Crippen LogP contribution in [0.15, 0.2) is 48.9 Å². The first kappa shape index (κ1) is 22.3. The third kappa shape index (κ3) is 6.03. The monoisotopic (exact) mass is 442 g/mol. The second kappa shape index (κ2) is 10.6. The summed E-state index contributed by atoms with van der Waals surface area (Å²) in [5.74, 6) is 1.24. The molecule has 0 saturated carbocycles. The highest BCUT2D eigenvalue weighted by atomic mass is 35.5. The van der Waals surface area contributed by atoms with Crippen LogP contribution < -0.4 is 16.0 Å². The second-order valence-electron chi connectivity index (χ2n) is 6.62. The van der Waals surface area contributed by atoms with Crippen molar-refractivity contribution >= 4 is 29.2 Å². The fraction of sp³-hybridized carbons (Fsp3) is 0.238. The minimum Gasteiger partial charge on any atom is -0.383 e. The first-order chi connectivity index (χ1) is 15.0. The molecule has 0 radical (unpaired) electrons. The van der Waals surface area contributed by atoms with E-state index in [1.54, 1.807) is 31.6 Å². The van der Waals surface area contributed by atoms with Gasteiger partial charge in [-0.3, -0.25) is 9.36 Å². The van der Waals surface area contributed by atoms with Crippen molar-refractivity contribution < 1.29 is 14.3 Å². The van der Waals surface area contributed by atoms with E-state index in [4.69, 9.17) is 16.3 Å². The van der Waals surface area contributed by atoms with Gasteiger partial charge in [-0.2, -0.15) is 0 Å². The van der Waals surface area contributed by atoms with Gasteiger partial charge in [0.05, 0.1) is 17.2 Å². The average Bonchev–Trinajstić information content (AvgIpc) is 3.18. The zero-order valence-electron chi connectivity index (χ0n) is 17.2. The molecule has 9 nitrogen and oxygen atoms in total. The highest BCUT2D eigenvalue weighted by Crippen LogP contribution is 2.21. The Morgan fingerprint density at radius 2 is 1.97 bits per heavy atom. The largest absolute Gasteiger partial charge is 0.383 e. The van der Waals surface area contributed by atoms with Crippen molar-refractivity contribution in [2.45, 2.75) is 13.5 Å². The number of carbonyl (C=O) groups is 2. The predicted molar refractivity (Wildman–Crippen MR) is 118 cm³/mol. The Balaban J connectivity index is 1.56. The lowest BCUT2D eigenvalue weighted by Crippen LogP contribution is -2.29. The van der Waals surface area contributed by atoms with Crippen molar-refractivity contribution in [2.24, 2.45) is 0 Å². The summed E-state index contributed by atoms with van der Waals surface area (Å²) in [6.45, 7) is 2.98. The molecule has 2 heterocycles. The van der Waals surface area contributed by atoms with Gasteiger partial charge in [-0.05, 0) is 42.8 Å². The first-order valence-electron chi connectivity index (χ1n) is 9.54. The Labute approximate surface area is 184 Å². The molecule has 3 aromatic rings. The van der Waals surface area contributed by atoms with E-state index < -0.39 is 6.03 Å². The molecule has 1 aromatic carbocycles. The van der Waals surface area contributed by atoms with E-state index in [9.17, 15) is 9.59 Å². The number of pyridine rings is 1. The number of ether oxygens (including phenoxy) is 1. The van der Waals surface area contributed by atoms with Crippen LogP contribution in [0.25, 0.3) is 5.82 Å². The molecule has 0 aliphatic heterocycles. The number of aromatic nitrogens is 3. The number of anilines is 1. The Morgan fingerprint density at radius 3 is 2.68 bits per heavy atom. The Hall–Kier alpha value is -3.43. The van der Waals surface area contributed by atoms with Crippen molar-refractivity contribution in [1.82, 2.24) is 25.2 Å². The van der Waals surface area contributed by atoms with Gasteiger partial charge in [-0.1, -0.05) is 11.6 Å². The van der Waals surface area contributed by atoms with Gasteiger partial charge in [-0.15, -0.1) is 0 Å². The fourth-order valence-corrected chi connectivity index (χ4v) is 3.09. The number of aryl methyl sites for hydroxylation is 1. The molecule has 0 atom stereocenters. The maximum absolute atomic E-state index is 12.3. The summed E-state index contributed by atoms with van der Waals surface area (Å²) in [6.07, 6.45) is 5.21. The third-order valence-corrected chi connectivity index (χ3v) is 4.71. The van der Waals surface area contributed by atoms with Crippen LogP contribution in [0.4, 0.5) is 10.5 Å². The lowest BCUT2D eigenvalue weighted by Gasteiger charge is -2.11. The smallest absolute Gasteiger partial charge is 0.319 e. The number of carbonyl (C=O) groups excluding carboxylic acids is 2. The van der Waals surface area contributed by atoms with Crippen molar-refractivity contribution in [3.05, 3.63) is 70.9 Å². The van der Waals surface area contributed by atoms with Crippen molar-refractivity contribution in [1.29, 1.82) is 0 Å². The van der Waals surface area contributed by atoms with Gasteiger partial charge in [0.1, 0.15) is 11.6 Å². The van der Waals surface area contributed by atoms with Gasteiger partial charge in [0.25, 0.3) is 5.91 Å². The maximum Gasteiger partial charge on any atom is 0.319 e. The summed E-state index contributed by atoms with van der Waals surface area (Å²) in [7, 11) is 1.55. The minimum atomic E-state index is -0.398. The summed E-state index contributed by atoms with van der Waals surface area (Å²) in [5.41, 5.74) is 1.68. The summed E-state index contributed by atoms with van der Waals surface area (Å²) in [4.78, 5) is 32.9. The summed E-state index contributed by atoms with van der Waals surface area (Å²) in [6, 6.07) is 8.00. The summed E-state index contributed by atoms with van der Waals surface area (Å²) >= 11 is 6.19. The number of methoxy groups -OCH3 is 1. The molecular formula is C21H23ClN6O3. The highest BCUT2D eigenvalue weighted by molar-refractivity contribution is 6.34. The molecule has 0 spiro atoms.